The molecule has 0 radical (unpaired) electrons. The number of likely N-dealkylation sites (tertiary alicyclic amines) is 1. The van der Waals surface area contributed by atoms with E-state index in [9.17, 15) is 0 Å². The van der Waals surface area contributed by atoms with Crippen molar-refractivity contribution in [2.75, 3.05) is 26.2 Å². The Hall–Kier alpha value is -0.120. The lowest BCUT2D eigenvalue weighted by molar-refractivity contribution is -0.0748. The molecule has 1 saturated carbocycles. The molecule has 0 amide bonds. The average Bonchev–Trinajstić information content (AvgIpc) is 2.85. The highest BCUT2D eigenvalue weighted by Crippen LogP contribution is 2.42. The van der Waals surface area contributed by atoms with Crippen molar-refractivity contribution in [3.63, 3.8) is 0 Å². The lowest BCUT2D eigenvalue weighted by Crippen LogP contribution is -2.45. The third-order valence-corrected chi connectivity index (χ3v) is 6.12. The lowest BCUT2D eigenvalue weighted by Gasteiger charge is -2.40. The van der Waals surface area contributed by atoms with E-state index in [4.69, 9.17) is 10.5 Å². The second kappa shape index (κ2) is 5.94. The highest BCUT2D eigenvalue weighted by atomic mass is 16.5. The van der Waals surface area contributed by atoms with E-state index in [0.717, 1.165) is 13.1 Å². The number of piperidine rings is 1. The standard InChI is InChI=1S/C17H32N2O/c1-16(14-18)9-11-19(12-10-16)13-15-5-8-17(20-15)6-3-2-4-7-17/h15H,2-14,18H2,1H3. The fourth-order valence-electron chi connectivity index (χ4n) is 4.36. The van der Waals surface area contributed by atoms with Gasteiger partial charge in [0.15, 0.2) is 0 Å². The van der Waals surface area contributed by atoms with Gasteiger partial charge in [-0.1, -0.05) is 26.2 Å². The monoisotopic (exact) mass is 280 g/mol. The number of hydrogen-bond acceptors (Lipinski definition) is 3. The van der Waals surface area contributed by atoms with Crippen LogP contribution in [0, 0.1) is 5.41 Å². The Labute approximate surface area is 124 Å². The molecule has 0 aromatic heterocycles. The van der Waals surface area contributed by atoms with Crippen LogP contribution in [0.2, 0.25) is 0 Å². The van der Waals surface area contributed by atoms with Gasteiger partial charge in [0.05, 0.1) is 11.7 Å². The summed E-state index contributed by atoms with van der Waals surface area (Å²) in [4.78, 5) is 2.62. The third-order valence-electron chi connectivity index (χ3n) is 6.12. The number of nitrogens with two attached hydrogens (primary N) is 1. The molecule has 2 aliphatic heterocycles. The summed E-state index contributed by atoms with van der Waals surface area (Å²) >= 11 is 0. The van der Waals surface area contributed by atoms with Crippen LogP contribution in [0.5, 0.6) is 0 Å². The molecular formula is C17H32N2O. The first-order chi connectivity index (χ1) is 9.63. The van der Waals surface area contributed by atoms with E-state index in [1.807, 2.05) is 0 Å². The van der Waals surface area contributed by atoms with Crippen LogP contribution in [0.15, 0.2) is 0 Å². The Morgan fingerprint density at radius 1 is 1.05 bits per heavy atom. The highest BCUT2D eigenvalue weighted by molar-refractivity contribution is 4.93. The van der Waals surface area contributed by atoms with Crippen LogP contribution in [0.4, 0.5) is 0 Å². The van der Waals surface area contributed by atoms with Crippen molar-refractivity contribution in [1.29, 1.82) is 0 Å². The molecule has 3 rings (SSSR count). The molecule has 3 heteroatoms. The van der Waals surface area contributed by atoms with Crippen molar-refractivity contribution in [3.05, 3.63) is 0 Å². The highest BCUT2D eigenvalue weighted by Gasteiger charge is 2.41. The van der Waals surface area contributed by atoms with E-state index in [1.165, 1.54) is 70.9 Å². The van der Waals surface area contributed by atoms with Gasteiger partial charge in [-0.2, -0.15) is 0 Å². The minimum atomic E-state index is 0.282. The van der Waals surface area contributed by atoms with Crippen LogP contribution in [0.3, 0.4) is 0 Å². The molecule has 1 aliphatic carbocycles. The molecule has 1 unspecified atom stereocenters. The van der Waals surface area contributed by atoms with Gasteiger partial charge >= 0.3 is 0 Å². The van der Waals surface area contributed by atoms with Crippen LogP contribution in [0.25, 0.3) is 0 Å². The maximum Gasteiger partial charge on any atom is 0.0710 e. The molecule has 2 heterocycles. The van der Waals surface area contributed by atoms with Crippen LogP contribution in [0.1, 0.15) is 64.7 Å². The Morgan fingerprint density at radius 3 is 2.40 bits per heavy atom. The van der Waals surface area contributed by atoms with Crippen molar-refractivity contribution in [2.45, 2.75) is 76.4 Å². The molecule has 1 atom stereocenters. The molecule has 2 saturated heterocycles. The molecule has 0 aromatic carbocycles. The minimum Gasteiger partial charge on any atom is -0.370 e. The molecule has 116 valence electrons. The summed E-state index contributed by atoms with van der Waals surface area (Å²) in [6.45, 7) is 6.75. The van der Waals surface area contributed by atoms with E-state index < -0.39 is 0 Å². The van der Waals surface area contributed by atoms with Crippen molar-refractivity contribution in [1.82, 2.24) is 4.90 Å². The lowest BCUT2D eigenvalue weighted by atomic mass is 9.80. The fraction of sp³-hybridized carbons (Fsp3) is 1.00. The molecule has 3 aliphatic rings. The zero-order valence-corrected chi connectivity index (χ0v) is 13.2. The van der Waals surface area contributed by atoms with Crippen molar-refractivity contribution in [2.24, 2.45) is 11.1 Å². The van der Waals surface area contributed by atoms with Crippen LogP contribution in [-0.2, 0) is 4.74 Å². The van der Waals surface area contributed by atoms with E-state index >= 15 is 0 Å². The van der Waals surface area contributed by atoms with E-state index in [0.29, 0.717) is 11.5 Å². The molecule has 0 aromatic rings. The summed E-state index contributed by atoms with van der Waals surface area (Å²) in [5.41, 5.74) is 6.57. The van der Waals surface area contributed by atoms with Crippen molar-refractivity contribution >= 4 is 0 Å². The first kappa shape index (κ1) is 14.8. The first-order valence-corrected chi connectivity index (χ1v) is 8.73. The zero-order valence-electron chi connectivity index (χ0n) is 13.2. The van der Waals surface area contributed by atoms with Gasteiger partial charge in [0, 0.05) is 6.54 Å². The molecule has 0 bridgehead atoms. The van der Waals surface area contributed by atoms with Crippen LogP contribution < -0.4 is 5.73 Å². The second-order valence-corrected chi connectivity index (χ2v) is 7.84. The molecule has 2 N–H and O–H groups in total. The number of rotatable bonds is 3. The number of nitrogens with zero attached hydrogens (tertiary/aromatic N) is 1. The van der Waals surface area contributed by atoms with Gasteiger partial charge in [-0.3, -0.25) is 0 Å². The first-order valence-electron chi connectivity index (χ1n) is 8.73. The average molecular weight is 280 g/mol. The summed E-state index contributed by atoms with van der Waals surface area (Å²) in [5.74, 6) is 0. The summed E-state index contributed by atoms with van der Waals surface area (Å²) < 4.78 is 6.50. The van der Waals surface area contributed by atoms with Gasteiger partial charge in [0.1, 0.15) is 0 Å². The Morgan fingerprint density at radius 2 is 1.75 bits per heavy atom. The number of ether oxygens (including phenoxy) is 1. The minimum absolute atomic E-state index is 0.282. The van der Waals surface area contributed by atoms with Crippen molar-refractivity contribution < 1.29 is 4.74 Å². The normalized spacial score (nSPS) is 33.6. The van der Waals surface area contributed by atoms with E-state index in [-0.39, 0.29) is 5.60 Å². The smallest absolute Gasteiger partial charge is 0.0710 e. The van der Waals surface area contributed by atoms with Gasteiger partial charge in [-0.25, -0.2) is 0 Å². The van der Waals surface area contributed by atoms with Gasteiger partial charge in [0.2, 0.25) is 0 Å². The summed E-state index contributed by atoms with van der Waals surface area (Å²) in [6.07, 6.45) is 12.4. The maximum absolute atomic E-state index is 6.50. The second-order valence-electron chi connectivity index (χ2n) is 7.84. The Bertz CT molecular complexity index is 317. The Kier molecular flexibility index (Phi) is 4.40. The largest absolute Gasteiger partial charge is 0.370 e. The van der Waals surface area contributed by atoms with Gasteiger partial charge < -0.3 is 15.4 Å². The number of hydrogen-bond donors (Lipinski definition) is 1. The molecule has 3 fully saturated rings. The van der Waals surface area contributed by atoms with Gasteiger partial charge in [0.25, 0.3) is 0 Å². The third kappa shape index (κ3) is 3.20. The van der Waals surface area contributed by atoms with Crippen LogP contribution in [-0.4, -0.2) is 42.8 Å². The van der Waals surface area contributed by atoms with E-state index in [1.54, 1.807) is 0 Å². The quantitative estimate of drug-likeness (QED) is 0.864. The Balaban J connectivity index is 1.46. The summed E-state index contributed by atoms with van der Waals surface area (Å²) in [7, 11) is 0. The predicted octanol–water partition coefficient (Wildman–Crippen LogP) is 2.93. The topological polar surface area (TPSA) is 38.5 Å². The fourth-order valence-corrected chi connectivity index (χ4v) is 4.36. The van der Waals surface area contributed by atoms with Gasteiger partial charge in [-0.05, 0) is 63.6 Å². The van der Waals surface area contributed by atoms with Gasteiger partial charge in [-0.15, -0.1) is 0 Å². The SMILES string of the molecule is CC1(CN)CCN(CC2CCC3(CCCCC3)O2)CC1. The maximum atomic E-state index is 6.50. The molecule has 20 heavy (non-hydrogen) atoms. The molecule has 1 spiro atoms. The zero-order chi connectivity index (χ0) is 14.1. The summed E-state index contributed by atoms with van der Waals surface area (Å²) in [6, 6.07) is 0. The van der Waals surface area contributed by atoms with E-state index in [2.05, 4.69) is 11.8 Å². The molecule has 3 nitrogen and oxygen atoms in total. The van der Waals surface area contributed by atoms with Crippen LogP contribution >= 0.6 is 0 Å². The van der Waals surface area contributed by atoms with Crippen molar-refractivity contribution in [3.8, 4) is 0 Å². The summed E-state index contributed by atoms with van der Waals surface area (Å²) in [5, 5.41) is 0. The predicted molar refractivity (Wildman–Crippen MR) is 82.8 cm³/mol. The molecular weight excluding hydrogens is 248 g/mol.